The summed E-state index contributed by atoms with van der Waals surface area (Å²) in [7, 11) is 3.46. The van der Waals surface area contributed by atoms with Crippen LogP contribution in [0.4, 0.5) is 0 Å². The van der Waals surface area contributed by atoms with E-state index in [4.69, 9.17) is 9.47 Å². The summed E-state index contributed by atoms with van der Waals surface area (Å²) in [6.07, 6.45) is 2.06. The van der Waals surface area contributed by atoms with Gasteiger partial charge in [-0.3, -0.25) is 4.79 Å². The molecule has 2 N–H and O–H groups in total. The molecule has 2 unspecified atom stereocenters. The Morgan fingerprint density at radius 2 is 2.15 bits per heavy atom. The number of hydrogen-bond acceptors (Lipinski definition) is 4. The van der Waals surface area contributed by atoms with Crippen LogP contribution in [0, 0.1) is 0 Å². The van der Waals surface area contributed by atoms with E-state index in [2.05, 4.69) is 34.7 Å². The quantitative estimate of drug-likeness (QED) is 0.389. The number of nitrogens with one attached hydrogen (secondary N) is 2. The fraction of sp³-hybridized carbons (Fsp3) is 0.600. The van der Waals surface area contributed by atoms with Crippen molar-refractivity contribution >= 4 is 11.9 Å². The molecule has 2 rings (SSSR count). The summed E-state index contributed by atoms with van der Waals surface area (Å²) in [5.74, 6) is 0.596. The largest absolute Gasteiger partial charge is 0.379 e. The van der Waals surface area contributed by atoms with Crippen molar-refractivity contribution in [2.75, 3.05) is 47.0 Å². The maximum atomic E-state index is 11.9. The summed E-state index contributed by atoms with van der Waals surface area (Å²) < 4.78 is 11.1. The van der Waals surface area contributed by atoms with Gasteiger partial charge in [0.05, 0.1) is 18.8 Å². The molecule has 7 heteroatoms. The standard InChI is InChI=1S/C20H32N4O3/c1-16(17-8-5-4-6-9-17)23-20(22-14-19(25)24(2)3)21-11-7-12-27-18-10-13-26-15-18/h4-6,8-9,16,18H,7,10-15H2,1-3H3,(H2,21,22,23). The smallest absolute Gasteiger partial charge is 0.243 e. The van der Waals surface area contributed by atoms with Crippen molar-refractivity contribution in [1.29, 1.82) is 0 Å². The van der Waals surface area contributed by atoms with Crippen molar-refractivity contribution in [2.24, 2.45) is 4.99 Å². The van der Waals surface area contributed by atoms with Crippen LogP contribution in [0.2, 0.25) is 0 Å². The fourth-order valence-corrected chi connectivity index (χ4v) is 2.64. The van der Waals surface area contributed by atoms with Gasteiger partial charge in [0.25, 0.3) is 0 Å². The molecule has 1 aromatic rings. The number of carbonyl (C=O) groups is 1. The Labute approximate surface area is 162 Å². The van der Waals surface area contributed by atoms with Crippen molar-refractivity contribution in [2.45, 2.75) is 31.9 Å². The van der Waals surface area contributed by atoms with Crippen LogP contribution < -0.4 is 10.6 Å². The van der Waals surface area contributed by atoms with Gasteiger partial charge >= 0.3 is 0 Å². The third-order valence-electron chi connectivity index (χ3n) is 4.38. The van der Waals surface area contributed by atoms with Crippen LogP contribution in [0.25, 0.3) is 0 Å². The monoisotopic (exact) mass is 376 g/mol. The third kappa shape index (κ3) is 7.97. The molecule has 1 aliphatic rings. The molecular weight excluding hydrogens is 344 g/mol. The van der Waals surface area contributed by atoms with Crippen molar-refractivity contribution in [1.82, 2.24) is 15.5 Å². The van der Waals surface area contributed by atoms with Crippen molar-refractivity contribution in [3.05, 3.63) is 35.9 Å². The predicted molar refractivity (Wildman–Crippen MR) is 107 cm³/mol. The first-order valence-electron chi connectivity index (χ1n) is 9.55. The highest BCUT2D eigenvalue weighted by atomic mass is 16.5. The molecule has 0 aliphatic carbocycles. The normalized spacial score (nSPS) is 18.2. The second-order valence-corrected chi connectivity index (χ2v) is 6.87. The molecule has 0 bridgehead atoms. The summed E-state index contributed by atoms with van der Waals surface area (Å²) in [6, 6.07) is 10.2. The summed E-state index contributed by atoms with van der Waals surface area (Å²) in [5.41, 5.74) is 1.16. The van der Waals surface area contributed by atoms with Gasteiger partial charge in [-0.2, -0.15) is 0 Å². The van der Waals surface area contributed by atoms with E-state index in [0.717, 1.165) is 31.6 Å². The number of rotatable bonds is 9. The molecule has 1 fully saturated rings. The number of carbonyl (C=O) groups excluding carboxylic acids is 1. The van der Waals surface area contributed by atoms with Gasteiger partial charge in [-0.25, -0.2) is 4.99 Å². The van der Waals surface area contributed by atoms with E-state index in [1.165, 1.54) is 0 Å². The average Bonchev–Trinajstić information content (AvgIpc) is 3.19. The lowest BCUT2D eigenvalue weighted by Crippen LogP contribution is -2.40. The lowest BCUT2D eigenvalue weighted by Gasteiger charge is -2.19. The number of likely N-dealkylation sites (N-methyl/N-ethyl adjacent to an activating group) is 1. The van der Waals surface area contributed by atoms with Gasteiger partial charge in [-0.15, -0.1) is 0 Å². The van der Waals surface area contributed by atoms with Gasteiger partial charge in [0.1, 0.15) is 6.54 Å². The molecule has 7 nitrogen and oxygen atoms in total. The SMILES string of the molecule is CC(NC(=NCC(=O)N(C)C)NCCCOC1CCOC1)c1ccccc1. The number of amides is 1. The fourth-order valence-electron chi connectivity index (χ4n) is 2.64. The first-order chi connectivity index (χ1) is 13.1. The Bertz CT molecular complexity index is 586. The van der Waals surface area contributed by atoms with E-state index in [1.807, 2.05) is 18.2 Å². The molecule has 0 spiro atoms. The molecule has 27 heavy (non-hydrogen) atoms. The lowest BCUT2D eigenvalue weighted by atomic mass is 10.1. The number of ether oxygens (including phenoxy) is 2. The molecule has 0 saturated carbocycles. The average molecular weight is 377 g/mol. The summed E-state index contributed by atoms with van der Waals surface area (Å²) >= 11 is 0. The summed E-state index contributed by atoms with van der Waals surface area (Å²) in [4.78, 5) is 17.8. The van der Waals surface area contributed by atoms with Crippen LogP contribution in [0.5, 0.6) is 0 Å². The molecule has 1 heterocycles. The molecule has 0 aromatic heterocycles. The van der Waals surface area contributed by atoms with Crippen molar-refractivity contribution in [3.8, 4) is 0 Å². The minimum atomic E-state index is -0.0342. The highest BCUT2D eigenvalue weighted by molar-refractivity contribution is 5.85. The minimum Gasteiger partial charge on any atom is -0.379 e. The van der Waals surface area contributed by atoms with Crippen molar-refractivity contribution in [3.63, 3.8) is 0 Å². The Morgan fingerprint density at radius 3 is 2.81 bits per heavy atom. The Morgan fingerprint density at radius 1 is 1.37 bits per heavy atom. The first kappa shape index (κ1) is 21.2. The zero-order valence-electron chi connectivity index (χ0n) is 16.6. The second kappa shape index (κ2) is 11.6. The van der Waals surface area contributed by atoms with E-state index < -0.39 is 0 Å². The highest BCUT2D eigenvalue weighted by Gasteiger charge is 2.15. The van der Waals surface area contributed by atoms with E-state index >= 15 is 0 Å². The maximum absolute atomic E-state index is 11.9. The number of benzene rings is 1. The van der Waals surface area contributed by atoms with Gasteiger partial charge in [0.15, 0.2) is 5.96 Å². The van der Waals surface area contributed by atoms with E-state index in [-0.39, 0.29) is 24.6 Å². The van der Waals surface area contributed by atoms with Gasteiger partial charge < -0.3 is 25.0 Å². The van der Waals surface area contributed by atoms with Crippen LogP contribution in [-0.2, 0) is 14.3 Å². The Hall–Kier alpha value is -2.12. The summed E-state index contributed by atoms with van der Waals surface area (Å²) in [5, 5.41) is 6.66. The molecule has 1 saturated heterocycles. The van der Waals surface area contributed by atoms with Gasteiger partial charge in [0, 0.05) is 33.9 Å². The maximum Gasteiger partial charge on any atom is 0.243 e. The predicted octanol–water partition coefficient (Wildman–Crippen LogP) is 1.57. The Balaban J connectivity index is 1.82. The van der Waals surface area contributed by atoms with E-state index in [0.29, 0.717) is 19.2 Å². The van der Waals surface area contributed by atoms with Crippen LogP contribution in [0.15, 0.2) is 35.3 Å². The van der Waals surface area contributed by atoms with Crippen molar-refractivity contribution < 1.29 is 14.3 Å². The molecule has 1 amide bonds. The zero-order chi connectivity index (χ0) is 19.5. The molecule has 0 radical (unpaired) electrons. The van der Waals surface area contributed by atoms with Gasteiger partial charge in [-0.1, -0.05) is 30.3 Å². The molecular formula is C20H32N4O3. The van der Waals surface area contributed by atoms with Crippen LogP contribution in [-0.4, -0.2) is 69.9 Å². The Kier molecular flexibility index (Phi) is 9.07. The summed E-state index contributed by atoms with van der Waals surface area (Å²) in [6.45, 7) is 5.07. The van der Waals surface area contributed by atoms with E-state index in [9.17, 15) is 4.79 Å². The zero-order valence-corrected chi connectivity index (χ0v) is 16.6. The molecule has 150 valence electrons. The van der Waals surface area contributed by atoms with E-state index in [1.54, 1.807) is 19.0 Å². The van der Waals surface area contributed by atoms with Crippen LogP contribution in [0.3, 0.4) is 0 Å². The molecule has 1 aliphatic heterocycles. The lowest BCUT2D eigenvalue weighted by molar-refractivity contribution is -0.127. The van der Waals surface area contributed by atoms with Gasteiger partial charge in [0.2, 0.25) is 5.91 Å². The topological polar surface area (TPSA) is 75.2 Å². The number of hydrogen-bond donors (Lipinski definition) is 2. The number of guanidine groups is 1. The third-order valence-corrected chi connectivity index (χ3v) is 4.38. The number of nitrogens with zero attached hydrogens (tertiary/aromatic N) is 2. The number of aliphatic imine (C=N–C) groups is 1. The van der Waals surface area contributed by atoms with Gasteiger partial charge in [-0.05, 0) is 25.3 Å². The minimum absolute atomic E-state index is 0.0342. The second-order valence-electron chi connectivity index (χ2n) is 6.87. The highest BCUT2D eigenvalue weighted by Crippen LogP contribution is 2.11. The van der Waals surface area contributed by atoms with Crippen LogP contribution >= 0.6 is 0 Å². The molecule has 2 atom stereocenters. The first-order valence-corrected chi connectivity index (χ1v) is 9.55. The molecule has 1 aromatic carbocycles. The van der Waals surface area contributed by atoms with Crippen LogP contribution in [0.1, 0.15) is 31.4 Å².